The first-order chi connectivity index (χ1) is 13.2. The maximum atomic E-state index is 5.68. The summed E-state index contributed by atoms with van der Waals surface area (Å²) in [7, 11) is 3.32. The molecular weight excluding hydrogens is 362 g/mol. The van der Waals surface area contributed by atoms with Gasteiger partial charge in [-0.05, 0) is 54.0 Å². The van der Waals surface area contributed by atoms with Crippen LogP contribution in [0.25, 0.3) is 11.5 Å². The standard InChI is InChI=1S/C20H21N3O3S/c1-24-17-10-15-8-9-22(12-16(15)11-18(17)25-2)13-23-20(27)26-19(21-23)14-6-4-3-5-7-14/h3-7,10-11H,8-9,12-13H2,1-2H3. The fourth-order valence-electron chi connectivity index (χ4n) is 3.34. The van der Waals surface area contributed by atoms with Crippen LogP contribution in [0.2, 0.25) is 0 Å². The lowest BCUT2D eigenvalue weighted by Gasteiger charge is -2.29. The molecule has 140 valence electrons. The molecule has 4 rings (SSSR count). The number of fused-ring (bicyclic) bond motifs is 1. The van der Waals surface area contributed by atoms with Gasteiger partial charge in [-0.1, -0.05) is 18.2 Å². The highest BCUT2D eigenvalue weighted by atomic mass is 32.1. The molecule has 0 fully saturated rings. The van der Waals surface area contributed by atoms with Crippen LogP contribution in [0.5, 0.6) is 11.5 Å². The number of aromatic nitrogens is 2. The van der Waals surface area contributed by atoms with Crippen molar-refractivity contribution in [3.8, 4) is 23.0 Å². The molecule has 7 heteroatoms. The zero-order valence-corrected chi connectivity index (χ0v) is 16.2. The average Bonchev–Trinajstić information content (AvgIpc) is 3.08. The largest absolute Gasteiger partial charge is 0.493 e. The fourth-order valence-corrected chi connectivity index (χ4v) is 3.52. The Morgan fingerprint density at radius 1 is 1.07 bits per heavy atom. The summed E-state index contributed by atoms with van der Waals surface area (Å²) in [6, 6.07) is 13.9. The first-order valence-electron chi connectivity index (χ1n) is 8.77. The predicted molar refractivity (Wildman–Crippen MR) is 104 cm³/mol. The molecule has 6 nitrogen and oxygen atoms in total. The molecule has 0 amide bonds. The second-order valence-electron chi connectivity index (χ2n) is 6.46. The van der Waals surface area contributed by atoms with Crippen LogP contribution >= 0.6 is 12.2 Å². The predicted octanol–water partition coefficient (Wildman–Crippen LogP) is 3.91. The molecule has 0 aliphatic carbocycles. The number of rotatable bonds is 5. The van der Waals surface area contributed by atoms with Crippen molar-refractivity contribution in [2.45, 2.75) is 19.6 Å². The summed E-state index contributed by atoms with van der Waals surface area (Å²) in [4.78, 5) is 2.67. The van der Waals surface area contributed by atoms with E-state index >= 15 is 0 Å². The molecule has 0 bridgehead atoms. The molecule has 0 spiro atoms. The van der Waals surface area contributed by atoms with Crippen molar-refractivity contribution in [1.29, 1.82) is 0 Å². The van der Waals surface area contributed by atoms with Gasteiger partial charge in [-0.25, -0.2) is 4.68 Å². The number of hydrogen-bond acceptors (Lipinski definition) is 6. The second kappa shape index (κ2) is 7.54. The molecule has 1 aliphatic rings. The number of hydrogen-bond donors (Lipinski definition) is 0. The van der Waals surface area contributed by atoms with Crippen molar-refractivity contribution in [2.75, 3.05) is 20.8 Å². The van der Waals surface area contributed by atoms with E-state index < -0.39 is 0 Å². The van der Waals surface area contributed by atoms with Crippen molar-refractivity contribution in [2.24, 2.45) is 0 Å². The van der Waals surface area contributed by atoms with E-state index in [1.165, 1.54) is 11.1 Å². The van der Waals surface area contributed by atoms with Gasteiger partial charge in [0.15, 0.2) is 11.5 Å². The van der Waals surface area contributed by atoms with Gasteiger partial charge < -0.3 is 13.9 Å². The van der Waals surface area contributed by atoms with E-state index in [1.807, 2.05) is 30.3 Å². The van der Waals surface area contributed by atoms with Crippen LogP contribution in [-0.2, 0) is 19.6 Å². The summed E-state index contributed by atoms with van der Waals surface area (Å²) >= 11 is 5.36. The Labute approximate surface area is 162 Å². The van der Waals surface area contributed by atoms with Crippen LogP contribution in [0, 0.1) is 4.84 Å². The third-order valence-electron chi connectivity index (χ3n) is 4.76. The number of benzene rings is 2. The maximum Gasteiger partial charge on any atom is 0.288 e. The minimum Gasteiger partial charge on any atom is -0.493 e. The van der Waals surface area contributed by atoms with E-state index in [1.54, 1.807) is 18.9 Å². The molecule has 1 aromatic heterocycles. The summed E-state index contributed by atoms with van der Waals surface area (Å²) in [6.07, 6.45) is 0.937. The molecule has 2 heterocycles. The van der Waals surface area contributed by atoms with E-state index in [-0.39, 0.29) is 0 Å². The van der Waals surface area contributed by atoms with Crippen molar-refractivity contribution < 1.29 is 13.9 Å². The van der Waals surface area contributed by atoms with Crippen LogP contribution < -0.4 is 9.47 Å². The molecule has 0 N–H and O–H groups in total. The number of ether oxygens (including phenoxy) is 2. The Hall–Kier alpha value is -2.64. The van der Waals surface area contributed by atoms with Crippen LogP contribution in [0.3, 0.4) is 0 Å². The summed E-state index contributed by atoms with van der Waals surface area (Å²) in [5, 5.41) is 4.55. The molecule has 3 aromatic rings. The minimum absolute atomic E-state index is 0.381. The topological polar surface area (TPSA) is 52.7 Å². The fraction of sp³-hybridized carbons (Fsp3) is 0.300. The van der Waals surface area contributed by atoms with Crippen LogP contribution in [0.1, 0.15) is 11.1 Å². The quantitative estimate of drug-likeness (QED) is 0.623. The van der Waals surface area contributed by atoms with E-state index in [2.05, 4.69) is 22.1 Å². The van der Waals surface area contributed by atoms with Crippen molar-refractivity contribution in [1.82, 2.24) is 14.7 Å². The molecule has 0 saturated carbocycles. The first kappa shape index (κ1) is 17.8. The van der Waals surface area contributed by atoms with Gasteiger partial charge in [0.05, 0.1) is 20.9 Å². The third kappa shape index (κ3) is 3.61. The molecular formula is C20H21N3O3S. The zero-order valence-electron chi connectivity index (χ0n) is 15.3. The third-order valence-corrected chi connectivity index (χ3v) is 5.05. The molecule has 27 heavy (non-hydrogen) atoms. The first-order valence-corrected chi connectivity index (χ1v) is 9.18. The van der Waals surface area contributed by atoms with Crippen molar-refractivity contribution in [3.63, 3.8) is 0 Å². The summed E-state index contributed by atoms with van der Waals surface area (Å²) in [5.74, 6) is 2.07. The number of nitrogens with zero attached hydrogens (tertiary/aromatic N) is 3. The van der Waals surface area contributed by atoms with E-state index in [0.717, 1.165) is 36.6 Å². The summed E-state index contributed by atoms with van der Waals surface area (Å²) in [6.45, 7) is 2.30. The molecule has 1 aliphatic heterocycles. The lowest BCUT2D eigenvalue weighted by atomic mass is 9.99. The van der Waals surface area contributed by atoms with Gasteiger partial charge in [0.1, 0.15) is 0 Å². The average molecular weight is 383 g/mol. The lowest BCUT2D eigenvalue weighted by Crippen LogP contribution is -2.32. The van der Waals surface area contributed by atoms with Gasteiger partial charge in [-0.2, -0.15) is 0 Å². The Morgan fingerprint density at radius 2 is 1.78 bits per heavy atom. The SMILES string of the molecule is COc1cc2c(cc1OC)CN(Cn1nc(-c3ccccc3)oc1=S)CC2. The van der Waals surface area contributed by atoms with Crippen LogP contribution in [0.15, 0.2) is 46.9 Å². The van der Waals surface area contributed by atoms with E-state index in [9.17, 15) is 0 Å². The van der Waals surface area contributed by atoms with Gasteiger partial charge in [0.2, 0.25) is 5.89 Å². The summed E-state index contributed by atoms with van der Waals surface area (Å²) in [5.41, 5.74) is 3.44. The highest BCUT2D eigenvalue weighted by molar-refractivity contribution is 7.71. The second-order valence-corrected chi connectivity index (χ2v) is 6.81. The Morgan fingerprint density at radius 3 is 2.48 bits per heavy atom. The monoisotopic (exact) mass is 383 g/mol. The highest BCUT2D eigenvalue weighted by Crippen LogP contribution is 2.33. The maximum absolute atomic E-state index is 5.68. The molecule has 2 aromatic carbocycles. The Bertz CT molecular complexity index is 997. The van der Waals surface area contributed by atoms with Crippen LogP contribution in [-0.4, -0.2) is 35.4 Å². The van der Waals surface area contributed by atoms with Gasteiger partial charge in [0.25, 0.3) is 4.84 Å². The zero-order chi connectivity index (χ0) is 18.8. The van der Waals surface area contributed by atoms with Gasteiger partial charge in [-0.15, -0.1) is 5.10 Å². The lowest BCUT2D eigenvalue weighted by molar-refractivity contribution is 0.185. The normalized spacial score (nSPS) is 14.0. The highest BCUT2D eigenvalue weighted by Gasteiger charge is 2.20. The van der Waals surface area contributed by atoms with Gasteiger partial charge >= 0.3 is 0 Å². The van der Waals surface area contributed by atoms with Gasteiger partial charge in [-0.3, -0.25) is 4.90 Å². The summed E-state index contributed by atoms with van der Waals surface area (Å²) < 4.78 is 18.3. The molecule has 0 unspecified atom stereocenters. The van der Waals surface area contributed by atoms with Crippen LogP contribution in [0.4, 0.5) is 0 Å². The van der Waals surface area contributed by atoms with Crippen molar-refractivity contribution >= 4 is 12.2 Å². The smallest absolute Gasteiger partial charge is 0.288 e. The Balaban J connectivity index is 1.54. The molecule has 0 radical (unpaired) electrons. The van der Waals surface area contributed by atoms with Crippen molar-refractivity contribution in [3.05, 3.63) is 58.4 Å². The van der Waals surface area contributed by atoms with Gasteiger partial charge in [0, 0.05) is 18.7 Å². The van der Waals surface area contributed by atoms with E-state index in [0.29, 0.717) is 17.4 Å². The number of methoxy groups -OCH3 is 2. The molecule has 0 atom stereocenters. The Kier molecular flexibility index (Phi) is 4.96. The van der Waals surface area contributed by atoms with E-state index in [4.69, 9.17) is 26.1 Å². The minimum atomic E-state index is 0.381. The molecule has 0 saturated heterocycles.